The van der Waals surface area contributed by atoms with E-state index in [0.717, 1.165) is 48.3 Å². The van der Waals surface area contributed by atoms with Gasteiger partial charge in [-0.2, -0.15) is 0 Å². The van der Waals surface area contributed by atoms with Crippen LogP contribution in [0.4, 0.5) is 11.4 Å². The molecule has 2 fully saturated rings. The molecule has 1 aromatic heterocycles. The predicted octanol–water partition coefficient (Wildman–Crippen LogP) is 2.72. The lowest BCUT2D eigenvalue weighted by Gasteiger charge is -2.36. The number of aromatic nitrogens is 1. The minimum Gasteiger partial charge on any atom is -0.397 e. The van der Waals surface area contributed by atoms with E-state index in [2.05, 4.69) is 33.8 Å². The van der Waals surface area contributed by atoms with Crippen LogP contribution >= 0.6 is 11.3 Å². The van der Waals surface area contributed by atoms with Crippen LogP contribution in [0, 0.1) is 12.8 Å². The quantitative estimate of drug-likeness (QED) is 0.886. The molecule has 0 radical (unpaired) electrons. The fourth-order valence-electron chi connectivity index (χ4n) is 3.20. The van der Waals surface area contributed by atoms with Gasteiger partial charge in [-0.15, -0.1) is 11.3 Å². The van der Waals surface area contributed by atoms with E-state index < -0.39 is 0 Å². The Bertz CT molecular complexity index is 654. The predicted molar refractivity (Wildman–Crippen MR) is 90.1 cm³/mol. The number of rotatable bonds is 3. The monoisotopic (exact) mass is 302 g/mol. The van der Waals surface area contributed by atoms with Gasteiger partial charge in [0.2, 0.25) is 0 Å². The average Bonchev–Trinajstić information content (AvgIpc) is 3.19. The molecule has 1 saturated heterocycles. The Morgan fingerprint density at radius 2 is 2.00 bits per heavy atom. The van der Waals surface area contributed by atoms with Gasteiger partial charge in [0, 0.05) is 32.7 Å². The van der Waals surface area contributed by atoms with Crippen molar-refractivity contribution in [1.29, 1.82) is 0 Å². The SMILES string of the molecule is Cc1nc2cc(N3CCN(CC4CC4)CC3)c(N)cc2s1. The Morgan fingerprint density at radius 1 is 1.24 bits per heavy atom. The Kier molecular flexibility index (Phi) is 3.27. The minimum absolute atomic E-state index is 0.891. The standard InChI is InChI=1S/C16H22N4S/c1-11-18-14-9-15(13(17)8-16(14)21-11)20-6-4-19(5-7-20)10-12-2-3-12/h8-9,12H,2-7,10,17H2,1H3. The number of nitrogen functional groups attached to an aromatic ring is 1. The molecule has 2 aliphatic rings. The van der Waals surface area contributed by atoms with Crippen LogP contribution in [0.2, 0.25) is 0 Å². The molecule has 0 amide bonds. The van der Waals surface area contributed by atoms with E-state index in [1.54, 1.807) is 11.3 Å². The first-order chi connectivity index (χ1) is 10.2. The third-order valence-corrected chi connectivity index (χ3v) is 5.50. The van der Waals surface area contributed by atoms with Gasteiger partial charge in [0.15, 0.2) is 0 Å². The first-order valence-electron chi connectivity index (χ1n) is 7.83. The van der Waals surface area contributed by atoms with Crippen molar-refractivity contribution in [2.24, 2.45) is 5.92 Å². The van der Waals surface area contributed by atoms with Crippen LogP contribution in [-0.2, 0) is 0 Å². The maximum Gasteiger partial charge on any atom is 0.0907 e. The summed E-state index contributed by atoms with van der Waals surface area (Å²) in [4.78, 5) is 9.63. The van der Waals surface area contributed by atoms with Crippen LogP contribution in [0.5, 0.6) is 0 Å². The second-order valence-electron chi connectivity index (χ2n) is 6.34. The lowest BCUT2D eigenvalue weighted by Crippen LogP contribution is -2.47. The van der Waals surface area contributed by atoms with Crippen LogP contribution in [0.25, 0.3) is 10.2 Å². The van der Waals surface area contributed by atoms with E-state index in [4.69, 9.17) is 5.73 Å². The molecule has 5 heteroatoms. The van der Waals surface area contributed by atoms with Gasteiger partial charge in [-0.05, 0) is 37.8 Å². The smallest absolute Gasteiger partial charge is 0.0907 e. The van der Waals surface area contributed by atoms with Crippen molar-refractivity contribution in [1.82, 2.24) is 9.88 Å². The molecule has 0 atom stereocenters. The van der Waals surface area contributed by atoms with Crippen LogP contribution in [0.15, 0.2) is 12.1 Å². The minimum atomic E-state index is 0.891. The summed E-state index contributed by atoms with van der Waals surface area (Å²) in [7, 11) is 0. The number of aryl methyl sites for hydroxylation is 1. The van der Waals surface area contributed by atoms with Crippen molar-refractivity contribution >= 4 is 32.9 Å². The molecule has 0 bridgehead atoms. The summed E-state index contributed by atoms with van der Waals surface area (Å²) in [6, 6.07) is 4.26. The van der Waals surface area contributed by atoms with E-state index >= 15 is 0 Å². The molecule has 4 nitrogen and oxygen atoms in total. The summed E-state index contributed by atoms with van der Waals surface area (Å²) < 4.78 is 1.20. The third-order valence-electron chi connectivity index (χ3n) is 4.57. The zero-order valence-corrected chi connectivity index (χ0v) is 13.3. The van der Waals surface area contributed by atoms with Gasteiger partial charge >= 0.3 is 0 Å². The van der Waals surface area contributed by atoms with Gasteiger partial charge in [0.05, 0.1) is 26.6 Å². The van der Waals surface area contributed by atoms with Crippen molar-refractivity contribution in [3.8, 4) is 0 Å². The van der Waals surface area contributed by atoms with Gasteiger partial charge in [0.25, 0.3) is 0 Å². The number of thiazole rings is 1. The van der Waals surface area contributed by atoms with Gasteiger partial charge in [-0.25, -0.2) is 4.98 Å². The number of hydrogen-bond acceptors (Lipinski definition) is 5. The molecule has 21 heavy (non-hydrogen) atoms. The Hall–Kier alpha value is -1.33. The molecule has 0 unspecified atom stereocenters. The summed E-state index contributed by atoms with van der Waals surface area (Å²) in [6.07, 6.45) is 2.88. The van der Waals surface area contributed by atoms with E-state index in [9.17, 15) is 0 Å². The molecule has 2 heterocycles. The lowest BCUT2D eigenvalue weighted by atomic mass is 10.2. The lowest BCUT2D eigenvalue weighted by molar-refractivity contribution is 0.248. The highest BCUT2D eigenvalue weighted by atomic mass is 32.1. The average molecular weight is 302 g/mol. The fraction of sp³-hybridized carbons (Fsp3) is 0.562. The zero-order chi connectivity index (χ0) is 14.4. The van der Waals surface area contributed by atoms with E-state index in [1.807, 2.05) is 0 Å². The van der Waals surface area contributed by atoms with Gasteiger partial charge in [0.1, 0.15) is 0 Å². The Balaban J connectivity index is 1.51. The Morgan fingerprint density at radius 3 is 2.71 bits per heavy atom. The van der Waals surface area contributed by atoms with E-state index in [1.165, 1.54) is 29.8 Å². The first kappa shape index (κ1) is 13.3. The number of piperazine rings is 1. The molecule has 2 aromatic rings. The highest BCUT2D eigenvalue weighted by Gasteiger charge is 2.26. The molecule has 4 rings (SSSR count). The summed E-state index contributed by atoms with van der Waals surface area (Å²) >= 11 is 1.72. The van der Waals surface area contributed by atoms with Gasteiger partial charge < -0.3 is 10.6 Å². The van der Waals surface area contributed by atoms with E-state index in [0.29, 0.717) is 0 Å². The van der Waals surface area contributed by atoms with Crippen molar-refractivity contribution in [2.75, 3.05) is 43.4 Å². The summed E-state index contributed by atoms with van der Waals surface area (Å²) in [5.41, 5.74) is 9.42. The van der Waals surface area contributed by atoms with Crippen molar-refractivity contribution in [2.45, 2.75) is 19.8 Å². The highest BCUT2D eigenvalue weighted by Crippen LogP contribution is 2.33. The molecular weight excluding hydrogens is 280 g/mol. The third kappa shape index (κ3) is 2.72. The van der Waals surface area contributed by atoms with Crippen molar-refractivity contribution in [3.05, 3.63) is 17.1 Å². The molecule has 112 valence electrons. The highest BCUT2D eigenvalue weighted by molar-refractivity contribution is 7.18. The van der Waals surface area contributed by atoms with Gasteiger partial charge in [-0.3, -0.25) is 4.90 Å². The number of nitrogens with zero attached hydrogens (tertiary/aromatic N) is 3. The first-order valence-corrected chi connectivity index (χ1v) is 8.64. The summed E-state index contributed by atoms with van der Waals surface area (Å²) in [6.45, 7) is 7.82. The molecule has 0 spiro atoms. The van der Waals surface area contributed by atoms with Crippen molar-refractivity contribution in [3.63, 3.8) is 0 Å². The van der Waals surface area contributed by atoms with Crippen LogP contribution in [0.1, 0.15) is 17.8 Å². The second kappa shape index (κ2) is 5.14. The number of fused-ring (bicyclic) bond motifs is 1. The molecule has 1 aliphatic heterocycles. The number of anilines is 2. The molecule has 2 N–H and O–H groups in total. The van der Waals surface area contributed by atoms with Crippen LogP contribution in [-0.4, -0.2) is 42.6 Å². The number of benzene rings is 1. The summed E-state index contributed by atoms with van der Waals surface area (Å²) in [5, 5.41) is 1.11. The zero-order valence-electron chi connectivity index (χ0n) is 12.5. The molecule has 1 aromatic carbocycles. The molecule has 1 saturated carbocycles. The van der Waals surface area contributed by atoms with Crippen LogP contribution < -0.4 is 10.6 Å². The van der Waals surface area contributed by atoms with E-state index in [-0.39, 0.29) is 0 Å². The Labute approximate surface area is 129 Å². The largest absolute Gasteiger partial charge is 0.397 e. The normalized spacial score (nSPS) is 20.3. The number of hydrogen-bond donors (Lipinski definition) is 1. The van der Waals surface area contributed by atoms with Crippen LogP contribution in [0.3, 0.4) is 0 Å². The van der Waals surface area contributed by atoms with Crippen molar-refractivity contribution < 1.29 is 0 Å². The molecular formula is C16H22N4S. The number of nitrogens with two attached hydrogens (primary N) is 1. The van der Waals surface area contributed by atoms with Gasteiger partial charge in [-0.1, -0.05) is 0 Å². The topological polar surface area (TPSA) is 45.4 Å². The maximum atomic E-state index is 6.28. The molecule has 1 aliphatic carbocycles. The maximum absolute atomic E-state index is 6.28. The fourth-order valence-corrected chi connectivity index (χ4v) is 4.06. The summed E-state index contributed by atoms with van der Waals surface area (Å²) in [5.74, 6) is 0.982. The second-order valence-corrected chi connectivity index (χ2v) is 7.58.